The van der Waals surface area contributed by atoms with Gasteiger partial charge in [0.05, 0.1) is 33.2 Å². The summed E-state index contributed by atoms with van der Waals surface area (Å²) in [7, 11) is -3.66. The molecule has 6 nitrogen and oxygen atoms in total. The Morgan fingerprint density at radius 2 is 2.11 bits per heavy atom. The fourth-order valence-corrected chi connectivity index (χ4v) is 4.65. The first-order valence-electron chi connectivity index (χ1n) is 8.06. The van der Waals surface area contributed by atoms with Crippen LogP contribution in [0.1, 0.15) is 23.8 Å². The Morgan fingerprint density at radius 3 is 2.74 bits per heavy atom. The molecule has 0 saturated heterocycles. The molecule has 0 bridgehead atoms. The van der Waals surface area contributed by atoms with Crippen LogP contribution >= 0.6 is 22.9 Å². The van der Waals surface area contributed by atoms with Crippen LogP contribution < -0.4 is 4.72 Å². The minimum absolute atomic E-state index is 0.130. The average molecular weight is 425 g/mol. The van der Waals surface area contributed by atoms with E-state index < -0.39 is 15.8 Å². The van der Waals surface area contributed by atoms with Gasteiger partial charge in [-0.1, -0.05) is 11.6 Å². The van der Waals surface area contributed by atoms with Crippen molar-refractivity contribution in [2.75, 3.05) is 11.0 Å². The molecule has 2 heterocycles. The second-order valence-corrected chi connectivity index (χ2v) is 9.50. The fraction of sp³-hybridized carbons (Fsp3) is 0.235. The highest BCUT2D eigenvalue weighted by atomic mass is 35.5. The highest BCUT2D eigenvalue weighted by Gasteiger charge is 2.30. The van der Waals surface area contributed by atoms with Crippen molar-refractivity contribution in [2.24, 2.45) is 0 Å². The number of nitrogens with one attached hydrogen (secondary N) is 1. The van der Waals surface area contributed by atoms with Crippen LogP contribution in [-0.4, -0.2) is 29.6 Å². The molecule has 1 aromatic carbocycles. The number of nitrogens with zero attached hydrogens (tertiary/aromatic N) is 3. The second kappa shape index (κ2) is 6.81. The zero-order valence-corrected chi connectivity index (χ0v) is 16.5. The third-order valence-electron chi connectivity index (χ3n) is 3.97. The van der Waals surface area contributed by atoms with Gasteiger partial charge in [-0.3, -0.25) is 4.72 Å². The maximum Gasteiger partial charge on any atom is 0.229 e. The third kappa shape index (κ3) is 3.95. The predicted octanol–water partition coefficient (Wildman–Crippen LogP) is 4.31. The van der Waals surface area contributed by atoms with Gasteiger partial charge in [-0.2, -0.15) is 0 Å². The van der Waals surface area contributed by atoms with E-state index in [1.165, 1.54) is 29.8 Å². The van der Waals surface area contributed by atoms with Crippen molar-refractivity contribution in [2.45, 2.75) is 18.8 Å². The lowest BCUT2D eigenvalue weighted by molar-refractivity contribution is 0.604. The van der Waals surface area contributed by atoms with E-state index >= 15 is 4.39 Å². The molecule has 0 spiro atoms. The highest BCUT2D eigenvalue weighted by molar-refractivity contribution is 7.92. The van der Waals surface area contributed by atoms with Crippen molar-refractivity contribution in [3.8, 4) is 21.8 Å². The molecular formula is C17H14ClFN4O2S2. The Balaban J connectivity index is 1.91. The number of hydrogen-bond donors (Lipinski definition) is 1. The first kappa shape index (κ1) is 18.3. The number of halogens is 2. The van der Waals surface area contributed by atoms with Crippen LogP contribution in [0.25, 0.3) is 21.8 Å². The smallest absolute Gasteiger partial charge is 0.229 e. The molecule has 3 aromatic rings. The molecular weight excluding hydrogens is 411 g/mol. The van der Waals surface area contributed by atoms with Crippen molar-refractivity contribution in [3.05, 3.63) is 46.6 Å². The zero-order chi connectivity index (χ0) is 19.2. The maximum absolute atomic E-state index is 15.1. The van der Waals surface area contributed by atoms with Crippen LogP contribution in [0.2, 0.25) is 5.02 Å². The number of thiazole rings is 1. The van der Waals surface area contributed by atoms with Gasteiger partial charge in [0.25, 0.3) is 0 Å². The van der Waals surface area contributed by atoms with Crippen molar-refractivity contribution >= 4 is 38.6 Å². The highest BCUT2D eigenvalue weighted by Crippen LogP contribution is 2.47. The van der Waals surface area contributed by atoms with Gasteiger partial charge in [0, 0.05) is 22.7 Å². The van der Waals surface area contributed by atoms with E-state index in [0.29, 0.717) is 22.2 Å². The van der Waals surface area contributed by atoms with Gasteiger partial charge in [-0.05, 0) is 31.0 Å². The molecule has 0 unspecified atom stereocenters. The van der Waals surface area contributed by atoms with Gasteiger partial charge in [-0.25, -0.2) is 27.8 Å². The summed E-state index contributed by atoms with van der Waals surface area (Å²) >= 11 is 7.59. The van der Waals surface area contributed by atoms with Crippen molar-refractivity contribution < 1.29 is 12.8 Å². The molecule has 0 radical (unpaired) electrons. The largest absolute Gasteiger partial charge is 0.281 e. The zero-order valence-electron chi connectivity index (χ0n) is 14.1. The minimum Gasteiger partial charge on any atom is -0.281 e. The topological polar surface area (TPSA) is 84.8 Å². The average Bonchev–Trinajstić information content (AvgIpc) is 3.36. The maximum atomic E-state index is 15.1. The lowest BCUT2D eigenvalue weighted by Crippen LogP contribution is -2.11. The number of aromatic nitrogens is 3. The van der Waals surface area contributed by atoms with Crippen LogP contribution in [0.3, 0.4) is 0 Å². The molecule has 1 aliphatic rings. The first-order valence-corrected chi connectivity index (χ1v) is 11.1. The van der Waals surface area contributed by atoms with E-state index in [9.17, 15) is 8.42 Å². The normalized spacial score (nSPS) is 14.3. The molecule has 0 atom stereocenters. The van der Waals surface area contributed by atoms with E-state index in [-0.39, 0.29) is 16.3 Å². The molecule has 140 valence electrons. The summed E-state index contributed by atoms with van der Waals surface area (Å²) < 4.78 is 40.4. The van der Waals surface area contributed by atoms with Gasteiger partial charge < -0.3 is 0 Å². The molecule has 1 N–H and O–H groups in total. The van der Waals surface area contributed by atoms with Crippen molar-refractivity contribution in [1.82, 2.24) is 15.0 Å². The standard InChI is InChI=1S/C17H14ClFN4O2S2/c1-27(24,25)23-13-7-10(18)6-11(14(13)19)15-16(12-4-5-20-8-21-12)26-17(22-15)9-2-3-9/h4-9,23H,2-3H2,1H3. The molecule has 4 rings (SSSR count). The van der Waals surface area contributed by atoms with E-state index in [0.717, 1.165) is 24.1 Å². The van der Waals surface area contributed by atoms with E-state index in [1.54, 1.807) is 12.3 Å². The second-order valence-electron chi connectivity index (χ2n) is 6.29. The Labute approximate surface area is 164 Å². The Kier molecular flexibility index (Phi) is 4.61. The van der Waals surface area contributed by atoms with E-state index in [2.05, 4.69) is 19.7 Å². The monoisotopic (exact) mass is 424 g/mol. The molecule has 1 fully saturated rings. The van der Waals surface area contributed by atoms with Crippen LogP contribution in [0.5, 0.6) is 0 Å². The summed E-state index contributed by atoms with van der Waals surface area (Å²) in [6.07, 6.45) is 6.08. The van der Waals surface area contributed by atoms with Crippen LogP contribution in [0, 0.1) is 5.82 Å². The molecule has 0 amide bonds. The SMILES string of the molecule is CS(=O)(=O)Nc1cc(Cl)cc(-c2nc(C3CC3)sc2-c2ccncn2)c1F. The summed E-state index contributed by atoms with van der Waals surface area (Å²) in [5.41, 5.74) is 0.943. The minimum atomic E-state index is -3.66. The van der Waals surface area contributed by atoms with Crippen LogP contribution in [0.15, 0.2) is 30.7 Å². The Morgan fingerprint density at radius 1 is 1.33 bits per heavy atom. The molecule has 27 heavy (non-hydrogen) atoms. The Hall–Kier alpha value is -2.10. The van der Waals surface area contributed by atoms with Gasteiger partial charge >= 0.3 is 0 Å². The number of rotatable bonds is 5. The molecule has 2 aromatic heterocycles. The summed E-state index contributed by atoms with van der Waals surface area (Å²) in [6.45, 7) is 0. The first-order chi connectivity index (χ1) is 12.8. The third-order valence-corrected chi connectivity index (χ3v) is 6.02. The lowest BCUT2D eigenvalue weighted by Gasteiger charge is -2.10. The lowest BCUT2D eigenvalue weighted by atomic mass is 10.1. The van der Waals surface area contributed by atoms with Gasteiger partial charge in [-0.15, -0.1) is 11.3 Å². The molecule has 1 saturated carbocycles. The van der Waals surface area contributed by atoms with Crippen molar-refractivity contribution in [3.63, 3.8) is 0 Å². The van der Waals surface area contributed by atoms with E-state index in [4.69, 9.17) is 11.6 Å². The predicted molar refractivity (Wildman–Crippen MR) is 104 cm³/mol. The quantitative estimate of drug-likeness (QED) is 0.659. The van der Waals surface area contributed by atoms with Gasteiger partial charge in [0.1, 0.15) is 6.33 Å². The van der Waals surface area contributed by atoms with Crippen LogP contribution in [0.4, 0.5) is 10.1 Å². The van der Waals surface area contributed by atoms with E-state index in [1.807, 2.05) is 0 Å². The summed E-state index contributed by atoms with van der Waals surface area (Å²) in [4.78, 5) is 13.5. The van der Waals surface area contributed by atoms with Crippen LogP contribution in [-0.2, 0) is 10.0 Å². The summed E-state index contributed by atoms with van der Waals surface area (Å²) in [6, 6.07) is 4.41. The van der Waals surface area contributed by atoms with Gasteiger partial charge in [0.15, 0.2) is 5.82 Å². The summed E-state index contributed by atoms with van der Waals surface area (Å²) in [5.74, 6) is -0.354. The van der Waals surface area contributed by atoms with Crippen molar-refractivity contribution in [1.29, 1.82) is 0 Å². The summed E-state index contributed by atoms with van der Waals surface area (Å²) in [5, 5.41) is 1.11. The number of sulfonamides is 1. The Bertz CT molecular complexity index is 1120. The van der Waals surface area contributed by atoms with Gasteiger partial charge in [0.2, 0.25) is 10.0 Å². The fourth-order valence-electron chi connectivity index (χ4n) is 2.66. The molecule has 0 aliphatic heterocycles. The molecule has 1 aliphatic carbocycles. The molecule has 10 heteroatoms. The number of anilines is 1. The number of hydrogen-bond acceptors (Lipinski definition) is 6. The number of benzene rings is 1.